The molecule has 2 N–H and O–H groups in total. The van der Waals surface area contributed by atoms with Gasteiger partial charge >= 0.3 is 0 Å². The van der Waals surface area contributed by atoms with Crippen molar-refractivity contribution in [1.82, 2.24) is 25.5 Å². The Hall–Kier alpha value is -1.97. The maximum Gasteiger partial charge on any atom is 0.264 e. The number of amides is 1. The van der Waals surface area contributed by atoms with E-state index in [2.05, 4.69) is 26.2 Å². The summed E-state index contributed by atoms with van der Waals surface area (Å²) in [5.41, 5.74) is 0. The summed E-state index contributed by atoms with van der Waals surface area (Å²) >= 11 is 16.8. The third-order valence-corrected chi connectivity index (χ3v) is 3.43. The SMILES string of the molecule is CCCn1nnnc1NC(=S)NC(=O)COc1ccc(Cl)cc1Cl. The van der Waals surface area contributed by atoms with Gasteiger partial charge in [-0.15, -0.1) is 0 Å². The highest BCUT2D eigenvalue weighted by Gasteiger charge is 2.11. The first kappa shape index (κ1) is 18.4. The highest BCUT2D eigenvalue weighted by Crippen LogP contribution is 2.27. The predicted molar refractivity (Wildman–Crippen MR) is 94.4 cm³/mol. The normalized spacial score (nSPS) is 10.3. The molecule has 8 nitrogen and oxygen atoms in total. The first-order valence-electron chi connectivity index (χ1n) is 6.94. The molecule has 0 unspecified atom stereocenters. The topological polar surface area (TPSA) is 94.0 Å². The standard InChI is InChI=1S/C13H14Cl2N6O2S/c1-2-5-21-12(18-19-20-21)17-13(24)16-11(22)7-23-10-4-3-8(14)6-9(10)15/h3-4,6H,2,5,7H2,1H3,(H2,16,17,18,20,22,24). The van der Waals surface area contributed by atoms with Gasteiger partial charge in [0, 0.05) is 11.6 Å². The van der Waals surface area contributed by atoms with Crippen LogP contribution in [0, 0.1) is 0 Å². The maximum absolute atomic E-state index is 11.9. The molecule has 0 bridgehead atoms. The zero-order valence-corrected chi connectivity index (χ0v) is 15.0. The molecule has 0 aliphatic carbocycles. The second kappa shape index (κ2) is 8.76. The minimum atomic E-state index is -0.451. The average molecular weight is 389 g/mol. The minimum Gasteiger partial charge on any atom is -0.482 e. The number of carbonyl (C=O) groups is 1. The van der Waals surface area contributed by atoms with Gasteiger partial charge in [-0.3, -0.25) is 15.4 Å². The number of thiocarbonyl (C=S) groups is 1. The molecule has 2 rings (SSSR count). The molecule has 1 heterocycles. The summed E-state index contributed by atoms with van der Waals surface area (Å²) < 4.78 is 6.86. The van der Waals surface area contributed by atoms with Crippen LogP contribution in [0.15, 0.2) is 18.2 Å². The van der Waals surface area contributed by atoms with Crippen LogP contribution in [0.4, 0.5) is 5.95 Å². The van der Waals surface area contributed by atoms with Gasteiger partial charge in [0.2, 0.25) is 5.95 Å². The number of anilines is 1. The van der Waals surface area contributed by atoms with Crippen LogP contribution in [0.25, 0.3) is 0 Å². The number of nitrogens with zero attached hydrogens (tertiary/aromatic N) is 4. The van der Waals surface area contributed by atoms with Crippen LogP contribution in [-0.4, -0.2) is 37.8 Å². The third-order valence-electron chi connectivity index (χ3n) is 2.70. The maximum atomic E-state index is 11.9. The summed E-state index contributed by atoms with van der Waals surface area (Å²) in [5, 5.41) is 17.2. The number of hydrogen-bond acceptors (Lipinski definition) is 6. The first-order chi connectivity index (χ1) is 11.5. The molecule has 0 radical (unpaired) electrons. The second-order valence-corrected chi connectivity index (χ2v) is 5.84. The van der Waals surface area contributed by atoms with Crippen LogP contribution in [0.5, 0.6) is 5.75 Å². The van der Waals surface area contributed by atoms with Gasteiger partial charge in [0.15, 0.2) is 11.7 Å². The molecule has 0 saturated carbocycles. The lowest BCUT2D eigenvalue weighted by molar-refractivity contribution is -0.121. The zero-order chi connectivity index (χ0) is 17.5. The molecule has 0 saturated heterocycles. The Morgan fingerprint density at radius 3 is 2.92 bits per heavy atom. The molecule has 0 aliphatic rings. The second-order valence-electron chi connectivity index (χ2n) is 4.59. The Kier molecular flexibility index (Phi) is 6.71. The number of aromatic nitrogens is 4. The van der Waals surface area contributed by atoms with E-state index in [-0.39, 0.29) is 11.7 Å². The average Bonchev–Trinajstić information content (AvgIpc) is 2.93. The molecular weight excluding hydrogens is 375 g/mol. The van der Waals surface area contributed by atoms with Gasteiger partial charge in [-0.1, -0.05) is 35.2 Å². The van der Waals surface area contributed by atoms with Crippen LogP contribution < -0.4 is 15.4 Å². The van der Waals surface area contributed by atoms with Crippen LogP contribution in [0.1, 0.15) is 13.3 Å². The molecule has 2 aromatic rings. The van der Waals surface area contributed by atoms with Crippen molar-refractivity contribution in [2.24, 2.45) is 0 Å². The van der Waals surface area contributed by atoms with Crippen molar-refractivity contribution in [1.29, 1.82) is 0 Å². The van der Waals surface area contributed by atoms with Gasteiger partial charge in [-0.25, -0.2) is 4.68 Å². The molecule has 0 aliphatic heterocycles. The van der Waals surface area contributed by atoms with Gasteiger partial charge < -0.3 is 4.74 Å². The third kappa shape index (κ3) is 5.29. The van der Waals surface area contributed by atoms with Crippen molar-refractivity contribution in [3.8, 4) is 5.75 Å². The summed E-state index contributed by atoms with van der Waals surface area (Å²) in [7, 11) is 0. The Labute approximate surface area is 153 Å². The Bertz CT molecular complexity index is 739. The van der Waals surface area contributed by atoms with E-state index >= 15 is 0 Å². The van der Waals surface area contributed by atoms with Gasteiger partial charge in [0.25, 0.3) is 5.91 Å². The molecule has 0 spiro atoms. The van der Waals surface area contributed by atoms with Gasteiger partial charge in [0.05, 0.1) is 5.02 Å². The Morgan fingerprint density at radius 2 is 2.21 bits per heavy atom. The Morgan fingerprint density at radius 1 is 1.42 bits per heavy atom. The quantitative estimate of drug-likeness (QED) is 0.732. The molecule has 128 valence electrons. The van der Waals surface area contributed by atoms with Crippen molar-refractivity contribution in [2.45, 2.75) is 19.9 Å². The number of benzene rings is 1. The minimum absolute atomic E-state index is 0.0676. The summed E-state index contributed by atoms with van der Waals surface area (Å²) in [5.74, 6) is 0.249. The van der Waals surface area contributed by atoms with Gasteiger partial charge in [-0.05, 0) is 47.3 Å². The van der Waals surface area contributed by atoms with Gasteiger partial charge in [0.1, 0.15) is 5.75 Å². The number of carbonyl (C=O) groups excluding carboxylic acids is 1. The highest BCUT2D eigenvalue weighted by molar-refractivity contribution is 7.80. The Balaban J connectivity index is 1.83. The number of nitrogens with one attached hydrogen (secondary N) is 2. The van der Waals surface area contributed by atoms with Gasteiger partial charge in [-0.2, -0.15) is 0 Å². The van der Waals surface area contributed by atoms with E-state index in [0.29, 0.717) is 28.3 Å². The van der Waals surface area contributed by atoms with E-state index in [1.165, 1.54) is 6.07 Å². The van der Waals surface area contributed by atoms with Crippen LogP contribution in [0.3, 0.4) is 0 Å². The molecule has 1 aromatic carbocycles. The predicted octanol–water partition coefficient (Wildman–Crippen LogP) is 2.28. The molecular formula is C13H14Cl2N6O2S. The monoisotopic (exact) mass is 388 g/mol. The number of rotatable bonds is 6. The van der Waals surface area contributed by atoms with Crippen molar-refractivity contribution >= 4 is 52.4 Å². The number of halogens is 2. The smallest absolute Gasteiger partial charge is 0.264 e. The van der Waals surface area contributed by atoms with E-state index in [1.807, 2.05) is 6.92 Å². The number of hydrogen-bond donors (Lipinski definition) is 2. The number of ether oxygens (including phenoxy) is 1. The summed E-state index contributed by atoms with van der Waals surface area (Å²) in [6, 6.07) is 4.71. The molecule has 1 amide bonds. The summed E-state index contributed by atoms with van der Waals surface area (Å²) in [4.78, 5) is 11.9. The molecule has 1 aromatic heterocycles. The molecule has 0 fully saturated rings. The highest BCUT2D eigenvalue weighted by atomic mass is 35.5. The summed E-state index contributed by atoms with van der Waals surface area (Å²) in [6.07, 6.45) is 0.856. The fourth-order valence-corrected chi connectivity index (χ4v) is 2.36. The lowest BCUT2D eigenvalue weighted by Gasteiger charge is -2.10. The van der Waals surface area contributed by atoms with E-state index in [1.54, 1.807) is 16.8 Å². The number of aryl methyl sites for hydroxylation is 1. The lowest BCUT2D eigenvalue weighted by Crippen LogP contribution is -2.38. The zero-order valence-electron chi connectivity index (χ0n) is 12.6. The molecule has 24 heavy (non-hydrogen) atoms. The lowest BCUT2D eigenvalue weighted by atomic mass is 10.3. The van der Waals surface area contributed by atoms with Crippen LogP contribution in [0.2, 0.25) is 10.0 Å². The van der Waals surface area contributed by atoms with Crippen LogP contribution >= 0.6 is 35.4 Å². The van der Waals surface area contributed by atoms with Crippen molar-refractivity contribution in [3.63, 3.8) is 0 Å². The fraction of sp³-hybridized carbons (Fsp3) is 0.308. The molecule has 11 heteroatoms. The fourth-order valence-electron chi connectivity index (χ4n) is 1.69. The van der Waals surface area contributed by atoms with E-state index in [0.717, 1.165) is 6.42 Å². The molecule has 0 atom stereocenters. The summed E-state index contributed by atoms with van der Waals surface area (Å²) in [6.45, 7) is 2.36. The van der Waals surface area contributed by atoms with Crippen LogP contribution in [-0.2, 0) is 11.3 Å². The van der Waals surface area contributed by atoms with Crippen molar-refractivity contribution in [2.75, 3.05) is 11.9 Å². The van der Waals surface area contributed by atoms with E-state index in [4.69, 9.17) is 40.2 Å². The number of tetrazole rings is 1. The van der Waals surface area contributed by atoms with Crippen molar-refractivity contribution < 1.29 is 9.53 Å². The van der Waals surface area contributed by atoms with Crippen molar-refractivity contribution in [3.05, 3.63) is 28.2 Å². The van der Waals surface area contributed by atoms with E-state index in [9.17, 15) is 4.79 Å². The first-order valence-corrected chi connectivity index (χ1v) is 8.11. The largest absolute Gasteiger partial charge is 0.482 e. The van der Waals surface area contributed by atoms with E-state index < -0.39 is 5.91 Å².